The number of fused-ring (bicyclic) bond motifs is 1. The van der Waals surface area contributed by atoms with Crippen LogP contribution in [0.25, 0.3) is 0 Å². The zero-order valence-corrected chi connectivity index (χ0v) is 12.4. The third kappa shape index (κ3) is 3.18. The van der Waals surface area contributed by atoms with E-state index in [0.717, 1.165) is 43.4 Å². The summed E-state index contributed by atoms with van der Waals surface area (Å²) in [4.78, 5) is 13.0. The van der Waals surface area contributed by atoms with Crippen LogP contribution in [0.1, 0.15) is 42.7 Å². The van der Waals surface area contributed by atoms with Crippen LogP contribution in [0.15, 0.2) is 10.9 Å². The van der Waals surface area contributed by atoms with Crippen molar-refractivity contribution in [3.05, 3.63) is 29.3 Å². The molecule has 0 radical (unpaired) electrons. The lowest BCUT2D eigenvalue weighted by Gasteiger charge is -2.18. The highest BCUT2D eigenvalue weighted by atomic mass is 16.5. The van der Waals surface area contributed by atoms with Crippen LogP contribution < -0.4 is 10.6 Å². The van der Waals surface area contributed by atoms with Gasteiger partial charge in [0.15, 0.2) is 5.82 Å². The summed E-state index contributed by atoms with van der Waals surface area (Å²) in [5.41, 5.74) is 2.30. The van der Waals surface area contributed by atoms with Gasteiger partial charge in [-0.25, -0.2) is 9.97 Å². The smallest absolute Gasteiger partial charge is 0.229 e. The molecular formula is C14H20N6O. The number of hydrogen-bond donors (Lipinski definition) is 2. The number of nitrogens with zero attached hydrogens (tertiary/aromatic N) is 4. The highest BCUT2D eigenvalue weighted by molar-refractivity contribution is 5.47. The Balaban J connectivity index is 1.60. The van der Waals surface area contributed by atoms with Crippen molar-refractivity contribution in [1.82, 2.24) is 25.4 Å². The van der Waals surface area contributed by atoms with Crippen molar-refractivity contribution in [1.29, 1.82) is 0 Å². The van der Waals surface area contributed by atoms with E-state index in [4.69, 9.17) is 4.52 Å². The molecule has 0 unspecified atom stereocenters. The van der Waals surface area contributed by atoms with Crippen LogP contribution in [0.3, 0.4) is 0 Å². The topological polar surface area (TPSA) is 88.8 Å². The summed E-state index contributed by atoms with van der Waals surface area (Å²) < 4.78 is 5.20. The van der Waals surface area contributed by atoms with Crippen molar-refractivity contribution < 1.29 is 4.52 Å². The molecule has 7 nitrogen and oxygen atoms in total. The lowest BCUT2D eigenvalue weighted by molar-refractivity contribution is 0.361. The Morgan fingerprint density at radius 1 is 1.38 bits per heavy atom. The van der Waals surface area contributed by atoms with Crippen molar-refractivity contribution in [2.45, 2.75) is 39.2 Å². The Morgan fingerprint density at radius 3 is 3.10 bits per heavy atom. The van der Waals surface area contributed by atoms with Crippen molar-refractivity contribution in [2.24, 2.45) is 0 Å². The summed E-state index contributed by atoms with van der Waals surface area (Å²) in [7, 11) is 0. The molecule has 21 heavy (non-hydrogen) atoms. The van der Waals surface area contributed by atoms with Crippen LogP contribution >= 0.6 is 0 Å². The third-order valence-electron chi connectivity index (χ3n) is 3.50. The van der Waals surface area contributed by atoms with Crippen LogP contribution in [0.4, 0.5) is 5.82 Å². The molecule has 0 atom stereocenters. The van der Waals surface area contributed by atoms with Crippen LogP contribution in [-0.2, 0) is 19.4 Å². The molecule has 0 saturated carbocycles. The van der Waals surface area contributed by atoms with Gasteiger partial charge in [-0.1, -0.05) is 19.0 Å². The highest BCUT2D eigenvalue weighted by Crippen LogP contribution is 2.18. The van der Waals surface area contributed by atoms with E-state index in [2.05, 4.69) is 30.7 Å². The Morgan fingerprint density at radius 2 is 2.29 bits per heavy atom. The quantitative estimate of drug-likeness (QED) is 0.856. The number of rotatable bonds is 5. The van der Waals surface area contributed by atoms with Crippen LogP contribution in [0, 0.1) is 0 Å². The summed E-state index contributed by atoms with van der Waals surface area (Å²) in [6.07, 6.45) is 3.28. The predicted octanol–water partition coefficient (Wildman–Crippen LogP) is 1.28. The second kappa shape index (κ2) is 6.17. The van der Waals surface area contributed by atoms with Crippen LogP contribution in [0.5, 0.6) is 0 Å². The van der Waals surface area contributed by atoms with Gasteiger partial charge in [-0.2, -0.15) is 4.98 Å². The molecule has 0 spiro atoms. The summed E-state index contributed by atoms with van der Waals surface area (Å²) >= 11 is 0. The van der Waals surface area contributed by atoms with E-state index >= 15 is 0 Å². The largest absolute Gasteiger partial charge is 0.369 e. The first-order valence-corrected chi connectivity index (χ1v) is 7.34. The van der Waals surface area contributed by atoms with Gasteiger partial charge in [-0.15, -0.1) is 0 Å². The third-order valence-corrected chi connectivity index (χ3v) is 3.50. The molecule has 1 aliphatic rings. The van der Waals surface area contributed by atoms with E-state index in [0.29, 0.717) is 12.3 Å². The first-order valence-electron chi connectivity index (χ1n) is 7.34. The monoisotopic (exact) mass is 288 g/mol. The molecule has 3 rings (SSSR count). The Hall–Kier alpha value is -2.02. The molecule has 0 fully saturated rings. The molecule has 2 N–H and O–H groups in total. The van der Waals surface area contributed by atoms with Crippen LogP contribution in [-0.4, -0.2) is 33.2 Å². The highest BCUT2D eigenvalue weighted by Gasteiger charge is 2.15. The maximum atomic E-state index is 5.20. The summed E-state index contributed by atoms with van der Waals surface area (Å²) in [6, 6.07) is 0. The van der Waals surface area contributed by atoms with E-state index in [1.54, 1.807) is 6.33 Å². The molecule has 0 aliphatic carbocycles. The second-order valence-corrected chi connectivity index (χ2v) is 5.45. The minimum atomic E-state index is 0.264. The Bertz CT molecular complexity index is 609. The minimum Gasteiger partial charge on any atom is -0.369 e. The molecule has 2 aromatic rings. The SMILES string of the molecule is CC(C)c1nc(CCNc2ncnc3c2CCNC3)no1. The summed E-state index contributed by atoms with van der Waals surface area (Å²) in [5.74, 6) is 2.61. The van der Waals surface area contributed by atoms with Gasteiger partial charge >= 0.3 is 0 Å². The fourth-order valence-electron chi connectivity index (χ4n) is 2.33. The van der Waals surface area contributed by atoms with Gasteiger partial charge in [0, 0.05) is 31.0 Å². The molecule has 7 heteroatoms. The van der Waals surface area contributed by atoms with Gasteiger partial charge in [-0.3, -0.25) is 0 Å². The molecule has 0 saturated heterocycles. The van der Waals surface area contributed by atoms with E-state index in [1.807, 2.05) is 13.8 Å². The molecular weight excluding hydrogens is 268 g/mol. The van der Waals surface area contributed by atoms with Gasteiger partial charge in [0.2, 0.25) is 5.89 Å². The Labute approximate surface area is 123 Å². The molecule has 112 valence electrons. The first-order chi connectivity index (χ1) is 10.2. The minimum absolute atomic E-state index is 0.264. The molecule has 0 aromatic carbocycles. The Kier molecular flexibility index (Phi) is 4.10. The number of hydrogen-bond acceptors (Lipinski definition) is 7. The van der Waals surface area contributed by atoms with Crippen molar-refractivity contribution >= 4 is 5.82 Å². The number of anilines is 1. The summed E-state index contributed by atoms with van der Waals surface area (Å²) in [6.45, 7) is 6.59. The van der Waals surface area contributed by atoms with Crippen LogP contribution in [0.2, 0.25) is 0 Å². The van der Waals surface area contributed by atoms with Crippen molar-refractivity contribution in [3.63, 3.8) is 0 Å². The standard InChI is InChI=1S/C14H20N6O/c1-9(2)14-19-12(20-21-14)4-6-16-13-10-3-5-15-7-11(10)17-8-18-13/h8-9,15H,3-7H2,1-2H3,(H,16,17,18). The van der Waals surface area contributed by atoms with Crippen molar-refractivity contribution in [3.8, 4) is 0 Å². The molecule has 2 aromatic heterocycles. The number of nitrogens with one attached hydrogen (secondary N) is 2. The first kappa shape index (κ1) is 13.9. The zero-order chi connectivity index (χ0) is 14.7. The number of aromatic nitrogens is 4. The maximum Gasteiger partial charge on any atom is 0.229 e. The van der Waals surface area contributed by atoms with Gasteiger partial charge in [0.1, 0.15) is 12.1 Å². The lowest BCUT2D eigenvalue weighted by atomic mass is 10.1. The van der Waals surface area contributed by atoms with Gasteiger partial charge < -0.3 is 15.2 Å². The van der Waals surface area contributed by atoms with E-state index in [1.165, 1.54) is 5.56 Å². The fraction of sp³-hybridized carbons (Fsp3) is 0.571. The predicted molar refractivity (Wildman–Crippen MR) is 78.0 cm³/mol. The van der Waals surface area contributed by atoms with Gasteiger partial charge in [0.25, 0.3) is 0 Å². The van der Waals surface area contributed by atoms with E-state index in [9.17, 15) is 0 Å². The normalized spacial score (nSPS) is 14.2. The summed E-state index contributed by atoms with van der Waals surface area (Å²) in [5, 5.41) is 10.7. The lowest BCUT2D eigenvalue weighted by Crippen LogP contribution is -2.26. The zero-order valence-electron chi connectivity index (χ0n) is 12.4. The maximum absolute atomic E-state index is 5.20. The van der Waals surface area contributed by atoms with Gasteiger partial charge in [-0.05, 0) is 13.0 Å². The fourth-order valence-corrected chi connectivity index (χ4v) is 2.33. The molecule has 3 heterocycles. The van der Waals surface area contributed by atoms with Crippen molar-refractivity contribution in [2.75, 3.05) is 18.4 Å². The van der Waals surface area contributed by atoms with E-state index in [-0.39, 0.29) is 5.92 Å². The van der Waals surface area contributed by atoms with E-state index < -0.39 is 0 Å². The second-order valence-electron chi connectivity index (χ2n) is 5.45. The average Bonchev–Trinajstić information content (AvgIpc) is 2.97. The molecule has 0 bridgehead atoms. The molecule has 0 amide bonds. The molecule has 1 aliphatic heterocycles. The average molecular weight is 288 g/mol. The van der Waals surface area contributed by atoms with Gasteiger partial charge in [0.05, 0.1) is 5.69 Å².